The number of nitrogens with zero attached hydrogens (tertiary/aromatic N) is 4. The predicted molar refractivity (Wildman–Crippen MR) is 115 cm³/mol. The molecular weight excluding hydrogens is 360 g/mol. The first-order valence-electron chi connectivity index (χ1n) is 10.8. The molecule has 150 valence electrons. The second kappa shape index (κ2) is 6.97. The molecule has 0 unspecified atom stereocenters. The van der Waals surface area contributed by atoms with E-state index in [0.717, 1.165) is 64.8 Å². The average Bonchev–Trinajstić information content (AvgIpc) is 3.44. The summed E-state index contributed by atoms with van der Waals surface area (Å²) in [5.41, 5.74) is 5.68. The van der Waals surface area contributed by atoms with Gasteiger partial charge in [-0.1, -0.05) is 18.6 Å². The Kier molecular flexibility index (Phi) is 4.41. The van der Waals surface area contributed by atoms with Gasteiger partial charge in [0.15, 0.2) is 0 Å². The molecular formula is C24H28N4O. The molecule has 1 saturated heterocycles. The van der Waals surface area contributed by atoms with Crippen molar-refractivity contribution >= 4 is 16.8 Å². The molecule has 1 amide bonds. The Morgan fingerprint density at radius 3 is 2.83 bits per heavy atom. The van der Waals surface area contributed by atoms with Gasteiger partial charge >= 0.3 is 0 Å². The maximum Gasteiger partial charge on any atom is 0.255 e. The van der Waals surface area contributed by atoms with Crippen LogP contribution in [0.25, 0.3) is 22.2 Å². The summed E-state index contributed by atoms with van der Waals surface area (Å²) in [5.74, 6) is 0.862. The lowest BCUT2D eigenvalue weighted by Gasteiger charge is -2.28. The summed E-state index contributed by atoms with van der Waals surface area (Å²) in [6.45, 7) is 8.05. The van der Waals surface area contributed by atoms with Crippen molar-refractivity contribution in [3.8, 4) is 11.3 Å². The lowest BCUT2D eigenvalue weighted by atomic mass is 9.96. The van der Waals surface area contributed by atoms with E-state index >= 15 is 0 Å². The van der Waals surface area contributed by atoms with Gasteiger partial charge in [-0.3, -0.25) is 9.48 Å². The van der Waals surface area contributed by atoms with Crippen molar-refractivity contribution in [2.24, 2.45) is 5.92 Å². The van der Waals surface area contributed by atoms with E-state index in [1.807, 2.05) is 30.1 Å². The fraction of sp³-hybridized carbons (Fsp3) is 0.458. The minimum Gasteiger partial charge on any atom is -0.335 e. The molecule has 2 aromatic heterocycles. The summed E-state index contributed by atoms with van der Waals surface area (Å²) in [6.07, 6.45) is 8.54. The van der Waals surface area contributed by atoms with E-state index in [1.165, 1.54) is 12.8 Å². The molecule has 0 N–H and O–H groups in total. The molecule has 0 spiro atoms. The normalized spacial score (nSPS) is 20.7. The standard InChI is InChI=1S/C24H28N4O/c1-4-9-27-14-18(12-25-27)23-16(3)22(20-10-15(2)5-8-21(20)26-23)24(29)28-13-17-6-7-19(28)11-17/h5,8,10,12,14,17,19H,4,6-7,9,11,13H2,1-3H3/t17-,19-/m0/s1. The average molecular weight is 389 g/mol. The van der Waals surface area contributed by atoms with Gasteiger partial charge in [-0.25, -0.2) is 4.98 Å². The van der Waals surface area contributed by atoms with E-state index in [-0.39, 0.29) is 5.91 Å². The van der Waals surface area contributed by atoms with Crippen LogP contribution in [-0.4, -0.2) is 38.2 Å². The molecule has 3 heterocycles. The Labute approximate surface area is 171 Å². The minimum absolute atomic E-state index is 0.176. The molecule has 5 nitrogen and oxygen atoms in total. The molecule has 1 aliphatic heterocycles. The Morgan fingerprint density at radius 2 is 2.10 bits per heavy atom. The summed E-state index contributed by atoms with van der Waals surface area (Å²) < 4.78 is 1.96. The number of aryl methyl sites for hydroxylation is 2. The maximum absolute atomic E-state index is 13.8. The third-order valence-corrected chi connectivity index (χ3v) is 6.63. The number of rotatable bonds is 4. The highest BCUT2D eigenvalue weighted by atomic mass is 16.2. The van der Waals surface area contributed by atoms with E-state index in [0.29, 0.717) is 12.0 Å². The van der Waals surface area contributed by atoms with Crippen LogP contribution in [0.5, 0.6) is 0 Å². The molecule has 1 saturated carbocycles. The van der Waals surface area contributed by atoms with Crippen molar-refractivity contribution < 1.29 is 4.79 Å². The Balaban J connectivity index is 1.67. The van der Waals surface area contributed by atoms with E-state index in [9.17, 15) is 4.79 Å². The van der Waals surface area contributed by atoms with Crippen molar-refractivity contribution in [1.29, 1.82) is 0 Å². The van der Waals surface area contributed by atoms with Crippen LogP contribution in [0.2, 0.25) is 0 Å². The fourth-order valence-electron chi connectivity index (χ4n) is 5.18. The van der Waals surface area contributed by atoms with Crippen LogP contribution >= 0.6 is 0 Å². The van der Waals surface area contributed by atoms with Crippen LogP contribution in [0.15, 0.2) is 30.6 Å². The molecule has 2 aliphatic rings. The Hall–Kier alpha value is -2.69. The van der Waals surface area contributed by atoms with Crippen LogP contribution in [0.4, 0.5) is 0 Å². The first-order chi connectivity index (χ1) is 14.0. The lowest BCUT2D eigenvalue weighted by Crippen LogP contribution is -2.38. The van der Waals surface area contributed by atoms with Crippen molar-refractivity contribution in [2.45, 2.75) is 59.0 Å². The molecule has 2 fully saturated rings. The van der Waals surface area contributed by atoms with Gasteiger partial charge in [0.05, 0.1) is 23.0 Å². The largest absolute Gasteiger partial charge is 0.335 e. The van der Waals surface area contributed by atoms with Gasteiger partial charge in [-0.15, -0.1) is 0 Å². The van der Waals surface area contributed by atoms with E-state index < -0.39 is 0 Å². The number of amides is 1. The lowest BCUT2D eigenvalue weighted by molar-refractivity contribution is 0.0705. The summed E-state index contributed by atoms with van der Waals surface area (Å²) in [6, 6.07) is 6.63. The zero-order chi connectivity index (χ0) is 20.1. The third kappa shape index (κ3) is 3.04. The molecule has 5 rings (SSSR count). The highest BCUT2D eigenvalue weighted by Gasteiger charge is 2.41. The minimum atomic E-state index is 0.176. The first-order valence-corrected chi connectivity index (χ1v) is 10.8. The van der Waals surface area contributed by atoms with Gasteiger partial charge < -0.3 is 4.90 Å². The number of carbonyl (C=O) groups excluding carboxylic acids is 1. The Bertz CT molecular complexity index is 1100. The molecule has 0 radical (unpaired) electrons. The number of hydrogen-bond acceptors (Lipinski definition) is 3. The fourth-order valence-corrected chi connectivity index (χ4v) is 5.18. The summed E-state index contributed by atoms with van der Waals surface area (Å²) in [5, 5.41) is 5.45. The van der Waals surface area contributed by atoms with Crippen LogP contribution in [0.1, 0.15) is 54.1 Å². The van der Waals surface area contributed by atoms with E-state index in [2.05, 4.69) is 36.0 Å². The van der Waals surface area contributed by atoms with Crippen molar-refractivity contribution in [1.82, 2.24) is 19.7 Å². The molecule has 1 aliphatic carbocycles. The number of fused-ring (bicyclic) bond motifs is 3. The first kappa shape index (κ1) is 18.3. The molecule has 3 aromatic rings. The quantitative estimate of drug-likeness (QED) is 0.648. The summed E-state index contributed by atoms with van der Waals surface area (Å²) in [4.78, 5) is 20.8. The predicted octanol–water partition coefficient (Wildman–Crippen LogP) is 4.75. The summed E-state index contributed by atoms with van der Waals surface area (Å²) >= 11 is 0. The third-order valence-electron chi connectivity index (χ3n) is 6.63. The van der Waals surface area contributed by atoms with Crippen LogP contribution < -0.4 is 0 Å². The number of piperidine rings is 1. The zero-order valence-corrected chi connectivity index (χ0v) is 17.5. The van der Waals surface area contributed by atoms with Gasteiger partial charge in [-0.2, -0.15) is 5.10 Å². The van der Waals surface area contributed by atoms with E-state index in [4.69, 9.17) is 4.98 Å². The van der Waals surface area contributed by atoms with Crippen molar-refractivity contribution in [3.05, 3.63) is 47.3 Å². The van der Waals surface area contributed by atoms with Crippen LogP contribution in [-0.2, 0) is 6.54 Å². The van der Waals surface area contributed by atoms with Gasteiger partial charge in [0.25, 0.3) is 5.91 Å². The van der Waals surface area contributed by atoms with Gasteiger partial charge in [0, 0.05) is 36.3 Å². The van der Waals surface area contributed by atoms with Crippen LogP contribution in [0, 0.1) is 19.8 Å². The number of pyridine rings is 1. The number of aromatic nitrogens is 3. The topological polar surface area (TPSA) is 51.0 Å². The second-order valence-corrected chi connectivity index (χ2v) is 8.76. The van der Waals surface area contributed by atoms with Gasteiger partial charge in [0.2, 0.25) is 0 Å². The highest BCUT2D eigenvalue weighted by molar-refractivity contribution is 6.09. The monoisotopic (exact) mass is 388 g/mol. The molecule has 29 heavy (non-hydrogen) atoms. The molecule has 1 aromatic carbocycles. The number of carbonyl (C=O) groups is 1. The highest BCUT2D eigenvalue weighted by Crippen LogP contribution is 2.40. The number of hydrogen-bond donors (Lipinski definition) is 0. The molecule has 2 atom stereocenters. The van der Waals surface area contributed by atoms with Gasteiger partial charge in [-0.05, 0) is 63.1 Å². The van der Waals surface area contributed by atoms with Gasteiger partial charge in [0.1, 0.15) is 0 Å². The SMILES string of the molecule is CCCn1cc(-c2nc3ccc(C)cc3c(C(=O)N3C[C@H]4CC[C@H]3C4)c2C)cn1. The molecule has 5 heteroatoms. The Morgan fingerprint density at radius 1 is 1.24 bits per heavy atom. The smallest absolute Gasteiger partial charge is 0.255 e. The number of likely N-dealkylation sites (tertiary alicyclic amines) is 1. The van der Waals surface area contributed by atoms with Crippen LogP contribution in [0.3, 0.4) is 0 Å². The second-order valence-electron chi connectivity index (χ2n) is 8.76. The van der Waals surface area contributed by atoms with E-state index in [1.54, 1.807) is 0 Å². The maximum atomic E-state index is 13.8. The van der Waals surface area contributed by atoms with Crippen molar-refractivity contribution in [3.63, 3.8) is 0 Å². The number of benzene rings is 1. The zero-order valence-electron chi connectivity index (χ0n) is 17.5. The molecule has 2 bridgehead atoms. The van der Waals surface area contributed by atoms with Crippen molar-refractivity contribution in [2.75, 3.05) is 6.54 Å². The summed E-state index contributed by atoms with van der Waals surface area (Å²) in [7, 11) is 0.